The maximum Gasteiger partial charge on any atom is 0.248 e. The number of thiophene rings is 1. The van der Waals surface area contributed by atoms with E-state index < -0.39 is 0 Å². The summed E-state index contributed by atoms with van der Waals surface area (Å²) < 4.78 is 7.42. The Kier molecular flexibility index (Phi) is 4.77. The van der Waals surface area contributed by atoms with Crippen molar-refractivity contribution in [1.82, 2.24) is 30.3 Å². The molecule has 0 aliphatic heterocycles. The second-order valence-electron chi connectivity index (χ2n) is 4.82. The van der Waals surface area contributed by atoms with Crippen LogP contribution in [0, 0.1) is 0 Å². The van der Waals surface area contributed by atoms with Crippen molar-refractivity contribution in [3.63, 3.8) is 0 Å². The lowest BCUT2D eigenvalue weighted by Gasteiger charge is -2.05. The molecule has 3 rings (SSSR count). The van der Waals surface area contributed by atoms with Crippen LogP contribution < -0.4 is 5.32 Å². The van der Waals surface area contributed by atoms with Crippen molar-refractivity contribution in [2.45, 2.75) is 32.9 Å². The van der Waals surface area contributed by atoms with Crippen LogP contribution in [0.3, 0.4) is 0 Å². The number of nitrogens with zero attached hydrogens (tertiary/aromatic N) is 5. The Labute approximate surface area is 136 Å². The van der Waals surface area contributed by atoms with Crippen molar-refractivity contribution < 1.29 is 9.21 Å². The van der Waals surface area contributed by atoms with E-state index in [9.17, 15) is 4.79 Å². The number of hydrogen-bond acceptors (Lipinski definition) is 7. The van der Waals surface area contributed by atoms with Gasteiger partial charge in [-0.1, -0.05) is 0 Å². The van der Waals surface area contributed by atoms with Gasteiger partial charge < -0.3 is 14.3 Å². The van der Waals surface area contributed by atoms with E-state index in [-0.39, 0.29) is 12.3 Å². The van der Waals surface area contributed by atoms with E-state index in [1.54, 1.807) is 17.7 Å². The molecule has 0 aliphatic carbocycles. The van der Waals surface area contributed by atoms with Crippen molar-refractivity contribution >= 4 is 17.2 Å². The second kappa shape index (κ2) is 7.14. The molecule has 120 valence electrons. The highest BCUT2D eigenvalue weighted by Gasteiger charge is 2.11. The topological polar surface area (TPSA) is 98.7 Å². The molecule has 0 atom stereocenters. The van der Waals surface area contributed by atoms with Crippen molar-refractivity contribution in [2.24, 2.45) is 0 Å². The van der Waals surface area contributed by atoms with Crippen LogP contribution in [-0.2, 0) is 24.3 Å². The average Bonchev–Trinajstić information content (AvgIpc) is 3.31. The third-order valence-corrected chi connectivity index (χ3v) is 3.96. The number of carbonyl (C=O) groups is 1. The maximum absolute atomic E-state index is 11.9. The highest BCUT2D eigenvalue weighted by Crippen LogP contribution is 2.20. The number of amides is 1. The summed E-state index contributed by atoms with van der Waals surface area (Å²) in [6, 6.07) is 1.92. The Morgan fingerprint density at radius 1 is 1.39 bits per heavy atom. The zero-order valence-corrected chi connectivity index (χ0v) is 13.4. The van der Waals surface area contributed by atoms with Gasteiger partial charge in [-0.15, -0.1) is 20.4 Å². The lowest BCUT2D eigenvalue weighted by molar-refractivity contribution is -0.121. The molecule has 0 saturated heterocycles. The fourth-order valence-corrected chi connectivity index (χ4v) is 2.65. The molecule has 3 aromatic rings. The van der Waals surface area contributed by atoms with E-state index in [0.717, 1.165) is 17.9 Å². The van der Waals surface area contributed by atoms with E-state index in [1.807, 2.05) is 28.3 Å². The SMILES string of the molecule is CCn1cnnc1CNC(=O)CCc1nnc(-c2ccsc2)o1. The standard InChI is InChI=1S/C14H16N6O2S/c1-2-20-9-16-17-11(20)7-15-12(21)3-4-13-18-19-14(22-13)10-5-6-23-8-10/h5-6,8-9H,2-4,7H2,1H3,(H,15,21). The molecule has 0 fully saturated rings. The van der Waals surface area contributed by atoms with Gasteiger partial charge in [-0.3, -0.25) is 4.79 Å². The minimum Gasteiger partial charge on any atom is -0.421 e. The molecule has 9 heteroatoms. The van der Waals surface area contributed by atoms with Crippen molar-refractivity contribution in [3.8, 4) is 11.5 Å². The third-order valence-electron chi connectivity index (χ3n) is 3.28. The van der Waals surface area contributed by atoms with Crippen LogP contribution in [-0.4, -0.2) is 30.9 Å². The van der Waals surface area contributed by atoms with E-state index in [2.05, 4.69) is 25.7 Å². The van der Waals surface area contributed by atoms with Gasteiger partial charge >= 0.3 is 0 Å². The average molecular weight is 332 g/mol. The zero-order valence-electron chi connectivity index (χ0n) is 12.6. The number of nitrogens with one attached hydrogen (secondary N) is 1. The molecule has 0 saturated carbocycles. The quantitative estimate of drug-likeness (QED) is 0.706. The number of aromatic nitrogens is 5. The summed E-state index contributed by atoms with van der Waals surface area (Å²) in [6.45, 7) is 3.12. The first-order valence-electron chi connectivity index (χ1n) is 7.24. The number of rotatable bonds is 7. The molecule has 8 nitrogen and oxygen atoms in total. The van der Waals surface area contributed by atoms with Crippen LogP contribution in [0.4, 0.5) is 0 Å². The van der Waals surface area contributed by atoms with Gasteiger partial charge in [0.2, 0.25) is 17.7 Å². The molecule has 1 amide bonds. The van der Waals surface area contributed by atoms with Crippen molar-refractivity contribution in [2.75, 3.05) is 0 Å². The van der Waals surface area contributed by atoms with Crippen LogP contribution >= 0.6 is 11.3 Å². The Bertz CT molecular complexity index is 764. The van der Waals surface area contributed by atoms with E-state index in [0.29, 0.717) is 24.7 Å². The first-order chi connectivity index (χ1) is 11.3. The first kappa shape index (κ1) is 15.3. The van der Waals surface area contributed by atoms with Gasteiger partial charge in [0.05, 0.1) is 6.54 Å². The molecule has 0 radical (unpaired) electrons. The summed E-state index contributed by atoms with van der Waals surface area (Å²) >= 11 is 1.57. The van der Waals surface area contributed by atoms with Gasteiger partial charge in [0, 0.05) is 30.3 Å². The summed E-state index contributed by atoms with van der Waals surface area (Å²) in [5, 5.41) is 22.4. The van der Waals surface area contributed by atoms with Gasteiger partial charge in [-0.2, -0.15) is 11.3 Å². The fraction of sp³-hybridized carbons (Fsp3) is 0.357. The molecule has 3 aromatic heterocycles. The predicted molar refractivity (Wildman–Crippen MR) is 83.5 cm³/mol. The lowest BCUT2D eigenvalue weighted by Crippen LogP contribution is -2.24. The maximum atomic E-state index is 11.9. The summed E-state index contributed by atoms with van der Waals surface area (Å²) in [7, 11) is 0. The minimum atomic E-state index is -0.0917. The fourth-order valence-electron chi connectivity index (χ4n) is 2.02. The molecule has 0 bridgehead atoms. The zero-order chi connectivity index (χ0) is 16.1. The van der Waals surface area contributed by atoms with E-state index in [4.69, 9.17) is 4.42 Å². The van der Waals surface area contributed by atoms with Crippen LogP contribution in [0.15, 0.2) is 27.6 Å². The normalized spacial score (nSPS) is 10.8. The van der Waals surface area contributed by atoms with Gasteiger partial charge in [-0.25, -0.2) is 0 Å². The molecule has 0 aliphatic rings. The van der Waals surface area contributed by atoms with Crippen molar-refractivity contribution in [3.05, 3.63) is 34.9 Å². The Morgan fingerprint density at radius 2 is 2.30 bits per heavy atom. The summed E-state index contributed by atoms with van der Waals surface area (Å²) in [6.07, 6.45) is 2.33. The van der Waals surface area contributed by atoms with Crippen LogP contribution in [0.1, 0.15) is 25.1 Å². The van der Waals surface area contributed by atoms with E-state index in [1.165, 1.54) is 0 Å². The molecule has 0 aromatic carbocycles. The lowest BCUT2D eigenvalue weighted by atomic mass is 10.3. The van der Waals surface area contributed by atoms with Gasteiger partial charge in [0.25, 0.3) is 0 Å². The molecule has 1 N–H and O–H groups in total. The molecule has 3 heterocycles. The number of carbonyl (C=O) groups excluding carboxylic acids is 1. The highest BCUT2D eigenvalue weighted by atomic mass is 32.1. The van der Waals surface area contributed by atoms with Gasteiger partial charge in [0.15, 0.2) is 5.82 Å². The Hall–Kier alpha value is -2.55. The molecule has 23 heavy (non-hydrogen) atoms. The molecular formula is C14H16N6O2S. The molecule has 0 spiro atoms. The Balaban J connectivity index is 1.47. The minimum absolute atomic E-state index is 0.0917. The van der Waals surface area contributed by atoms with Crippen LogP contribution in [0.2, 0.25) is 0 Å². The third kappa shape index (κ3) is 3.81. The second-order valence-corrected chi connectivity index (χ2v) is 5.60. The number of aryl methyl sites for hydroxylation is 2. The first-order valence-corrected chi connectivity index (χ1v) is 8.19. The summed E-state index contributed by atoms with van der Waals surface area (Å²) in [5.41, 5.74) is 0.900. The predicted octanol–water partition coefficient (Wildman–Crippen LogP) is 1.66. The summed E-state index contributed by atoms with van der Waals surface area (Å²) in [4.78, 5) is 11.9. The molecular weight excluding hydrogens is 316 g/mol. The largest absolute Gasteiger partial charge is 0.421 e. The highest BCUT2D eigenvalue weighted by molar-refractivity contribution is 7.08. The smallest absolute Gasteiger partial charge is 0.248 e. The van der Waals surface area contributed by atoms with Crippen molar-refractivity contribution in [1.29, 1.82) is 0 Å². The van der Waals surface area contributed by atoms with Gasteiger partial charge in [-0.05, 0) is 18.4 Å². The van der Waals surface area contributed by atoms with Gasteiger partial charge in [0.1, 0.15) is 6.33 Å². The summed E-state index contributed by atoms with van der Waals surface area (Å²) in [5.74, 6) is 1.58. The molecule has 0 unspecified atom stereocenters. The monoisotopic (exact) mass is 332 g/mol. The van der Waals surface area contributed by atoms with Crippen LogP contribution in [0.25, 0.3) is 11.5 Å². The Morgan fingerprint density at radius 3 is 3.09 bits per heavy atom. The van der Waals surface area contributed by atoms with E-state index >= 15 is 0 Å². The van der Waals surface area contributed by atoms with Crippen LogP contribution in [0.5, 0.6) is 0 Å². The number of hydrogen-bond donors (Lipinski definition) is 1.